The zero-order valence-corrected chi connectivity index (χ0v) is 13.3. The summed E-state index contributed by atoms with van der Waals surface area (Å²) >= 11 is 11.6. The van der Waals surface area contributed by atoms with Gasteiger partial charge in [0.25, 0.3) is 0 Å². The van der Waals surface area contributed by atoms with Crippen molar-refractivity contribution in [2.75, 3.05) is 0 Å². The largest absolute Gasteiger partial charge is 0.478 e. The molecule has 0 aliphatic rings. The van der Waals surface area contributed by atoms with Gasteiger partial charge in [-0.2, -0.15) is 0 Å². The topological polar surface area (TPSA) is 83.5 Å². The van der Waals surface area contributed by atoms with Gasteiger partial charge in [0.1, 0.15) is 4.90 Å². The Bertz CT molecular complexity index is 616. The molecule has 2 N–H and O–H groups in total. The van der Waals surface area contributed by atoms with Gasteiger partial charge in [-0.1, -0.05) is 36.5 Å². The summed E-state index contributed by atoms with van der Waals surface area (Å²) < 4.78 is 26.8. The van der Waals surface area contributed by atoms with Gasteiger partial charge in [-0.15, -0.1) is 0 Å². The number of rotatable bonds is 6. The number of carbonyl (C=O) groups is 1. The highest BCUT2D eigenvalue weighted by Crippen LogP contribution is 2.29. The lowest BCUT2D eigenvalue weighted by Crippen LogP contribution is -2.32. The maximum Gasteiger partial charge on any atom is 0.337 e. The summed E-state index contributed by atoms with van der Waals surface area (Å²) in [5.74, 6) is -1.32. The standard InChI is InChI=1S/C12H15Cl2NO4S/c1-3-4-7(2)15-20(18,19)11-5-8(12(16)17)9(13)6-10(11)14/h5-7,15H,3-4H2,1-2H3,(H,16,17)/t7-/m1/s1. The van der Waals surface area contributed by atoms with Crippen LogP contribution in [0, 0.1) is 0 Å². The molecule has 0 heterocycles. The van der Waals surface area contributed by atoms with Crippen LogP contribution in [0.1, 0.15) is 37.0 Å². The maximum absolute atomic E-state index is 12.2. The number of nitrogens with one attached hydrogen (secondary N) is 1. The molecule has 1 aromatic carbocycles. The summed E-state index contributed by atoms with van der Waals surface area (Å²) in [4.78, 5) is 10.7. The fraction of sp³-hybridized carbons (Fsp3) is 0.417. The van der Waals surface area contributed by atoms with Crippen molar-refractivity contribution in [3.8, 4) is 0 Å². The normalized spacial score (nSPS) is 13.2. The summed E-state index contributed by atoms with van der Waals surface area (Å²) in [6.45, 7) is 3.66. The molecule has 0 aliphatic heterocycles. The highest BCUT2D eigenvalue weighted by Gasteiger charge is 2.23. The van der Waals surface area contributed by atoms with E-state index in [1.54, 1.807) is 6.92 Å². The molecule has 0 aliphatic carbocycles. The summed E-state index contributed by atoms with van der Waals surface area (Å²) in [6, 6.07) is 1.81. The van der Waals surface area contributed by atoms with Crippen molar-refractivity contribution >= 4 is 39.2 Å². The number of benzene rings is 1. The van der Waals surface area contributed by atoms with Gasteiger partial charge >= 0.3 is 5.97 Å². The minimum Gasteiger partial charge on any atom is -0.478 e. The van der Waals surface area contributed by atoms with Crippen LogP contribution in [0.25, 0.3) is 0 Å². The smallest absolute Gasteiger partial charge is 0.337 e. The Labute approximate surface area is 127 Å². The van der Waals surface area contributed by atoms with Crippen molar-refractivity contribution in [2.45, 2.75) is 37.6 Å². The molecule has 20 heavy (non-hydrogen) atoms. The van der Waals surface area contributed by atoms with Crippen LogP contribution >= 0.6 is 23.2 Å². The quantitative estimate of drug-likeness (QED) is 0.833. The van der Waals surface area contributed by atoms with Crippen LogP contribution in [0.3, 0.4) is 0 Å². The molecule has 5 nitrogen and oxygen atoms in total. The number of sulfonamides is 1. The van der Waals surface area contributed by atoms with Crippen molar-refractivity contribution in [1.29, 1.82) is 0 Å². The average molecular weight is 340 g/mol. The zero-order chi connectivity index (χ0) is 15.5. The minimum absolute atomic E-state index is 0.108. The number of halogens is 2. The van der Waals surface area contributed by atoms with E-state index in [2.05, 4.69) is 4.72 Å². The molecule has 1 atom stereocenters. The van der Waals surface area contributed by atoms with Gasteiger partial charge in [0, 0.05) is 6.04 Å². The fourth-order valence-electron chi connectivity index (χ4n) is 1.72. The first-order chi connectivity index (χ1) is 9.19. The van der Waals surface area contributed by atoms with E-state index >= 15 is 0 Å². The lowest BCUT2D eigenvalue weighted by atomic mass is 10.2. The first-order valence-corrected chi connectivity index (χ1v) is 8.17. The summed E-state index contributed by atoms with van der Waals surface area (Å²) in [5, 5.41) is 8.75. The third kappa shape index (κ3) is 4.09. The van der Waals surface area contributed by atoms with Crippen LogP contribution in [0.5, 0.6) is 0 Å². The predicted octanol–water partition coefficient (Wildman–Crippen LogP) is 3.16. The zero-order valence-electron chi connectivity index (χ0n) is 11.0. The van der Waals surface area contributed by atoms with Gasteiger partial charge in [-0.25, -0.2) is 17.9 Å². The molecule has 8 heteroatoms. The Morgan fingerprint density at radius 1 is 1.35 bits per heavy atom. The van der Waals surface area contributed by atoms with Crippen molar-refractivity contribution in [1.82, 2.24) is 4.72 Å². The van der Waals surface area contributed by atoms with E-state index in [0.717, 1.165) is 18.6 Å². The molecule has 0 bridgehead atoms. The van der Waals surface area contributed by atoms with Gasteiger partial charge in [-0.3, -0.25) is 0 Å². The van der Waals surface area contributed by atoms with Gasteiger partial charge in [0.05, 0.1) is 15.6 Å². The molecule has 1 aromatic rings. The SMILES string of the molecule is CCC[C@@H](C)NS(=O)(=O)c1cc(C(=O)O)c(Cl)cc1Cl. The Kier molecular flexibility index (Phi) is 5.82. The number of carboxylic acids is 1. The molecule has 0 radical (unpaired) electrons. The van der Waals surface area contributed by atoms with Gasteiger partial charge in [0.15, 0.2) is 0 Å². The van der Waals surface area contributed by atoms with Gasteiger partial charge in [0.2, 0.25) is 10.0 Å². The van der Waals surface area contributed by atoms with Crippen molar-refractivity contribution in [3.63, 3.8) is 0 Å². The lowest BCUT2D eigenvalue weighted by Gasteiger charge is -2.15. The van der Waals surface area contributed by atoms with E-state index < -0.39 is 16.0 Å². The van der Waals surface area contributed by atoms with E-state index in [1.165, 1.54) is 0 Å². The molecule has 112 valence electrons. The number of aromatic carboxylic acids is 1. The number of hydrogen-bond donors (Lipinski definition) is 2. The average Bonchev–Trinajstić information content (AvgIpc) is 2.27. The van der Waals surface area contributed by atoms with E-state index in [-0.39, 0.29) is 26.5 Å². The van der Waals surface area contributed by atoms with Crippen molar-refractivity contribution in [3.05, 3.63) is 27.7 Å². The van der Waals surface area contributed by atoms with Crippen LogP contribution < -0.4 is 4.72 Å². The highest BCUT2D eigenvalue weighted by molar-refractivity contribution is 7.89. The number of hydrogen-bond acceptors (Lipinski definition) is 3. The summed E-state index contributed by atoms with van der Waals surface area (Å²) in [6.07, 6.45) is 1.48. The first-order valence-electron chi connectivity index (χ1n) is 5.93. The molecular formula is C12H15Cl2NO4S. The second-order valence-electron chi connectivity index (χ2n) is 4.38. The molecule has 1 rings (SSSR count). The highest BCUT2D eigenvalue weighted by atomic mass is 35.5. The van der Waals surface area contributed by atoms with Crippen LogP contribution in [-0.2, 0) is 10.0 Å². The molecule has 0 saturated heterocycles. The third-order valence-electron chi connectivity index (χ3n) is 2.62. The Morgan fingerprint density at radius 3 is 2.45 bits per heavy atom. The molecule has 0 saturated carbocycles. The fourth-order valence-corrected chi connectivity index (χ4v) is 3.85. The van der Waals surface area contributed by atoms with E-state index in [4.69, 9.17) is 28.3 Å². The second-order valence-corrected chi connectivity index (χ2v) is 6.88. The molecule has 0 amide bonds. The monoisotopic (exact) mass is 339 g/mol. The van der Waals surface area contributed by atoms with Crippen LogP contribution in [0.4, 0.5) is 0 Å². The molecular weight excluding hydrogens is 325 g/mol. The maximum atomic E-state index is 12.2. The van der Waals surface area contributed by atoms with Gasteiger partial charge < -0.3 is 5.11 Å². The predicted molar refractivity (Wildman–Crippen MR) is 78.1 cm³/mol. The van der Waals surface area contributed by atoms with Crippen LogP contribution in [-0.4, -0.2) is 25.5 Å². The molecule has 0 aromatic heterocycles. The van der Waals surface area contributed by atoms with Gasteiger partial charge in [-0.05, 0) is 25.5 Å². The van der Waals surface area contributed by atoms with E-state index in [9.17, 15) is 13.2 Å². The van der Waals surface area contributed by atoms with E-state index in [1.807, 2.05) is 6.92 Å². The summed E-state index contributed by atoms with van der Waals surface area (Å²) in [7, 11) is -3.89. The third-order valence-corrected chi connectivity index (χ3v) is 4.99. The first kappa shape index (κ1) is 17.2. The van der Waals surface area contributed by atoms with Crippen LogP contribution in [0.2, 0.25) is 10.0 Å². The Morgan fingerprint density at radius 2 is 1.95 bits per heavy atom. The summed E-state index contributed by atoms with van der Waals surface area (Å²) in [5.41, 5.74) is -0.306. The van der Waals surface area contributed by atoms with Crippen molar-refractivity contribution < 1.29 is 18.3 Å². The molecule has 0 fully saturated rings. The number of carboxylic acid groups (broad SMARTS) is 1. The Balaban J connectivity index is 3.24. The molecule has 0 spiro atoms. The van der Waals surface area contributed by atoms with E-state index in [0.29, 0.717) is 6.42 Å². The van der Waals surface area contributed by atoms with Crippen LogP contribution in [0.15, 0.2) is 17.0 Å². The minimum atomic E-state index is -3.89. The second kappa shape index (κ2) is 6.76. The lowest BCUT2D eigenvalue weighted by molar-refractivity contribution is 0.0697. The van der Waals surface area contributed by atoms with Crippen molar-refractivity contribution in [2.24, 2.45) is 0 Å². The molecule has 0 unspecified atom stereocenters. The Hall–Kier alpha value is -0.820.